The minimum atomic E-state index is -3.91. The number of amides is 2. The summed E-state index contributed by atoms with van der Waals surface area (Å²) in [7, 11) is -3.91. The molecule has 0 saturated carbocycles. The number of fused-ring (bicyclic) bond motifs is 1. The zero-order valence-electron chi connectivity index (χ0n) is 26.2. The Morgan fingerprint density at radius 3 is 2.25 bits per heavy atom. The van der Waals surface area contributed by atoms with Crippen molar-refractivity contribution < 1.29 is 22.2 Å². The van der Waals surface area contributed by atoms with Gasteiger partial charge in [0.05, 0.1) is 28.4 Å². The summed E-state index contributed by atoms with van der Waals surface area (Å²) in [5, 5.41) is 10.1. The lowest BCUT2D eigenvalue weighted by molar-refractivity contribution is 0.102. The number of aromatic nitrogens is 1. The summed E-state index contributed by atoms with van der Waals surface area (Å²) >= 11 is 0. The van der Waals surface area contributed by atoms with Gasteiger partial charge in [0.1, 0.15) is 0 Å². The van der Waals surface area contributed by atoms with Crippen LogP contribution in [0.4, 0.5) is 16.2 Å². The van der Waals surface area contributed by atoms with Gasteiger partial charge >= 0.3 is 6.03 Å². The molecule has 0 saturated heterocycles. The van der Waals surface area contributed by atoms with Crippen molar-refractivity contribution in [2.45, 2.75) is 18.4 Å². The standard InChI is InChI=1S/C38H34N4O5S/c1-27-11-18-33(19-12-27)48(45,46)47-24-22-39-34-20-17-32(29-7-3-2-4-8-29)25-35(34)41-37(43)31-15-13-28(14-16-31)26-40-38(44)42-23-21-30-9-5-6-10-36(30)42/h2-21,23,25,39H,22,24,26H2,1H3,(H,40,44)(H,41,43). The molecule has 1 heterocycles. The molecule has 0 radical (unpaired) electrons. The van der Waals surface area contributed by atoms with Gasteiger partial charge in [-0.1, -0.05) is 84.4 Å². The zero-order valence-corrected chi connectivity index (χ0v) is 27.0. The van der Waals surface area contributed by atoms with Crippen LogP contribution in [-0.2, 0) is 20.8 Å². The van der Waals surface area contributed by atoms with E-state index in [-0.39, 0.29) is 30.0 Å². The van der Waals surface area contributed by atoms with Gasteiger partial charge in [0.15, 0.2) is 0 Å². The highest BCUT2D eigenvalue weighted by molar-refractivity contribution is 7.86. The quantitative estimate of drug-likeness (QED) is 0.0984. The van der Waals surface area contributed by atoms with Crippen molar-refractivity contribution in [3.05, 3.63) is 150 Å². The van der Waals surface area contributed by atoms with E-state index in [1.54, 1.807) is 47.2 Å². The first-order chi connectivity index (χ1) is 23.3. The molecular weight excluding hydrogens is 625 g/mol. The molecule has 0 spiro atoms. The third-order valence-corrected chi connectivity index (χ3v) is 9.15. The van der Waals surface area contributed by atoms with Crippen LogP contribution < -0.4 is 16.0 Å². The van der Waals surface area contributed by atoms with Gasteiger partial charge in [0.25, 0.3) is 16.0 Å². The summed E-state index contributed by atoms with van der Waals surface area (Å²) in [6, 6.07) is 38.2. The van der Waals surface area contributed by atoms with Crippen molar-refractivity contribution in [3.63, 3.8) is 0 Å². The number of hydrogen-bond acceptors (Lipinski definition) is 6. The van der Waals surface area contributed by atoms with Crippen LogP contribution in [0.25, 0.3) is 22.0 Å². The van der Waals surface area contributed by atoms with Crippen molar-refractivity contribution in [2.24, 2.45) is 0 Å². The Hall–Kier alpha value is -5.71. The second kappa shape index (κ2) is 14.4. The van der Waals surface area contributed by atoms with E-state index in [1.807, 2.05) is 85.8 Å². The Kier molecular flexibility index (Phi) is 9.65. The third-order valence-electron chi connectivity index (χ3n) is 7.82. The Balaban J connectivity index is 1.11. The van der Waals surface area contributed by atoms with E-state index in [0.717, 1.165) is 33.2 Å². The number of nitrogens with one attached hydrogen (secondary N) is 3. The van der Waals surface area contributed by atoms with E-state index in [4.69, 9.17) is 4.18 Å². The fourth-order valence-electron chi connectivity index (χ4n) is 5.21. The predicted molar refractivity (Wildman–Crippen MR) is 189 cm³/mol. The fraction of sp³-hybridized carbons (Fsp3) is 0.105. The van der Waals surface area contributed by atoms with Crippen LogP contribution in [0.3, 0.4) is 0 Å². The molecule has 5 aromatic carbocycles. The molecule has 6 rings (SSSR count). The number of anilines is 2. The Bertz CT molecular complexity index is 2160. The van der Waals surface area contributed by atoms with E-state index in [9.17, 15) is 18.0 Å². The van der Waals surface area contributed by atoms with Gasteiger partial charge in [-0.25, -0.2) is 4.79 Å². The molecule has 2 amide bonds. The highest BCUT2D eigenvalue weighted by Gasteiger charge is 2.16. The highest BCUT2D eigenvalue weighted by atomic mass is 32.2. The molecule has 0 atom stereocenters. The summed E-state index contributed by atoms with van der Waals surface area (Å²) in [5.41, 5.74) is 6.06. The number of nitrogens with zero attached hydrogens (tertiary/aromatic N) is 1. The second-order valence-electron chi connectivity index (χ2n) is 11.2. The lowest BCUT2D eigenvalue weighted by atomic mass is 10.0. The first-order valence-electron chi connectivity index (χ1n) is 15.4. The van der Waals surface area contributed by atoms with E-state index >= 15 is 0 Å². The Morgan fingerprint density at radius 1 is 0.750 bits per heavy atom. The predicted octanol–water partition coefficient (Wildman–Crippen LogP) is 7.44. The number of carbonyl (C=O) groups is 2. The fourth-order valence-corrected chi connectivity index (χ4v) is 6.12. The lowest BCUT2D eigenvalue weighted by Gasteiger charge is -2.16. The van der Waals surface area contributed by atoms with Gasteiger partial charge in [-0.3, -0.25) is 13.5 Å². The zero-order chi connectivity index (χ0) is 33.5. The molecule has 0 aliphatic carbocycles. The van der Waals surface area contributed by atoms with Gasteiger partial charge in [0.2, 0.25) is 0 Å². The SMILES string of the molecule is Cc1ccc(S(=O)(=O)OCCNc2ccc(-c3ccccc3)cc2NC(=O)c2ccc(CNC(=O)n3ccc4ccccc43)cc2)cc1. The summed E-state index contributed by atoms with van der Waals surface area (Å²) in [6.45, 7) is 2.24. The first kappa shape index (κ1) is 32.2. The first-order valence-corrected chi connectivity index (χ1v) is 16.8. The Morgan fingerprint density at radius 2 is 1.48 bits per heavy atom. The van der Waals surface area contributed by atoms with Crippen LogP contribution in [-0.4, -0.2) is 38.1 Å². The second-order valence-corrected chi connectivity index (χ2v) is 12.8. The van der Waals surface area contributed by atoms with Crippen LogP contribution >= 0.6 is 0 Å². The molecule has 0 unspecified atom stereocenters. The van der Waals surface area contributed by atoms with Crippen molar-refractivity contribution in [1.29, 1.82) is 0 Å². The molecule has 10 heteroatoms. The molecule has 0 bridgehead atoms. The summed E-state index contributed by atoms with van der Waals surface area (Å²) < 4.78 is 32.0. The maximum Gasteiger partial charge on any atom is 0.326 e. The van der Waals surface area contributed by atoms with Crippen LogP contribution in [0.2, 0.25) is 0 Å². The number of benzene rings is 5. The normalized spacial score (nSPS) is 11.3. The van der Waals surface area contributed by atoms with Crippen LogP contribution in [0.15, 0.2) is 138 Å². The molecule has 1 aromatic heterocycles. The minimum absolute atomic E-state index is 0.0937. The smallest absolute Gasteiger partial charge is 0.326 e. The summed E-state index contributed by atoms with van der Waals surface area (Å²) in [5.74, 6) is -0.323. The van der Waals surface area contributed by atoms with E-state index in [1.165, 1.54) is 12.1 Å². The van der Waals surface area contributed by atoms with Crippen molar-refractivity contribution >= 4 is 44.3 Å². The monoisotopic (exact) mass is 658 g/mol. The Labute approximate surface area is 279 Å². The number of carbonyl (C=O) groups excluding carboxylic acids is 2. The number of rotatable bonds is 11. The number of hydrogen-bond donors (Lipinski definition) is 3. The largest absolute Gasteiger partial charge is 0.381 e. The van der Waals surface area contributed by atoms with E-state index < -0.39 is 10.1 Å². The van der Waals surface area contributed by atoms with Gasteiger partial charge < -0.3 is 16.0 Å². The average Bonchev–Trinajstić information content (AvgIpc) is 3.55. The molecule has 3 N–H and O–H groups in total. The van der Waals surface area contributed by atoms with Crippen molar-refractivity contribution in [1.82, 2.24) is 9.88 Å². The molecule has 9 nitrogen and oxygen atoms in total. The summed E-state index contributed by atoms with van der Waals surface area (Å²) in [6.07, 6.45) is 1.74. The average molecular weight is 659 g/mol. The summed E-state index contributed by atoms with van der Waals surface area (Å²) in [4.78, 5) is 26.3. The van der Waals surface area contributed by atoms with Gasteiger partial charge in [-0.2, -0.15) is 8.42 Å². The van der Waals surface area contributed by atoms with Crippen molar-refractivity contribution in [2.75, 3.05) is 23.8 Å². The number of aryl methyl sites for hydroxylation is 1. The van der Waals surface area contributed by atoms with Crippen LogP contribution in [0.5, 0.6) is 0 Å². The highest BCUT2D eigenvalue weighted by Crippen LogP contribution is 2.30. The third kappa shape index (κ3) is 7.63. The molecule has 0 aliphatic heterocycles. The van der Waals surface area contributed by atoms with E-state index in [2.05, 4.69) is 16.0 Å². The van der Waals surface area contributed by atoms with Gasteiger partial charge in [-0.05, 0) is 72.1 Å². The minimum Gasteiger partial charge on any atom is -0.381 e. The number of para-hydroxylation sites is 1. The lowest BCUT2D eigenvalue weighted by Crippen LogP contribution is -2.27. The van der Waals surface area contributed by atoms with Crippen LogP contribution in [0.1, 0.15) is 21.5 Å². The maximum atomic E-state index is 13.4. The molecule has 242 valence electrons. The molecular formula is C38H34N4O5S. The molecule has 0 fully saturated rings. The molecule has 6 aromatic rings. The topological polar surface area (TPSA) is 119 Å². The van der Waals surface area contributed by atoms with Gasteiger partial charge in [0, 0.05) is 30.2 Å². The van der Waals surface area contributed by atoms with Crippen molar-refractivity contribution in [3.8, 4) is 11.1 Å². The molecule has 48 heavy (non-hydrogen) atoms. The molecule has 0 aliphatic rings. The van der Waals surface area contributed by atoms with Gasteiger partial charge in [-0.15, -0.1) is 0 Å². The van der Waals surface area contributed by atoms with E-state index in [0.29, 0.717) is 23.5 Å². The van der Waals surface area contributed by atoms with Crippen LogP contribution in [0, 0.1) is 6.92 Å². The maximum absolute atomic E-state index is 13.4.